The van der Waals surface area contributed by atoms with Gasteiger partial charge in [0.05, 0.1) is 5.25 Å². The van der Waals surface area contributed by atoms with Crippen molar-refractivity contribution in [1.29, 1.82) is 0 Å². The monoisotopic (exact) mass is 231 g/mol. The molecule has 0 aliphatic carbocycles. The molecule has 1 amide bonds. The van der Waals surface area contributed by atoms with Crippen LogP contribution in [0.2, 0.25) is 0 Å². The minimum absolute atomic E-state index is 0.112. The van der Waals surface area contributed by atoms with E-state index in [4.69, 9.17) is 5.73 Å². The van der Waals surface area contributed by atoms with E-state index in [9.17, 15) is 13.6 Å². The smallest absolute Gasteiger partial charge is 0.230 e. The summed E-state index contributed by atoms with van der Waals surface area (Å²) in [7, 11) is 0. The molecule has 0 spiro atoms. The quantitative estimate of drug-likeness (QED) is 0.808. The molecule has 0 heterocycles. The zero-order chi connectivity index (χ0) is 11.4. The van der Waals surface area contributed by atoms with Crippen LogP contribution in [0, 0.1) is 11.6 Å². The number of thioether (sulfide) groups is 1. The van der Waals surface area contributed by atoms with Gasteiger partial charge in [-0.15, -0.1) is 11.8 Å². The molecule has 82 valence electrons. The lowest BCUT2D eigenvalue weighted by molar-refractivity contribution is -0.117. The summed E-state index contributed by atoms with van der Waals surface area (Å²) in [6.07, 6.45) is 0.482. The Balaban J connectivity index is 2.87. The summed E-state index contributed by atoms with van der Waals surface area (Å²) in [5.41, 5.74) is 5.11. The molecule has 0 aliphatic heterocycles. The number of halogens is 2. The lowest BCUT2D eigenvalue weighted by atomic mass is 10.3. The predicted molar refractivity (Wildman–Crippen MR) is 55.5 cm³/mol. The second kappa shape index (κ2) is 5.11. The zero-order valence-electron chi connectivity index (χ0n) is 8.17. The van der Waals surface area contributed by atoms with Crippen LogP contribution >= 0.6 is 11.8 Å². The first-order chi connectivity index (χ1) is 7.04. The van der Waals surface area contributed by atoms with Crippen LogP contribution in [0.3, 0.4) is 0 Å². The van der Waals surface area contributed by atoms with Crippen molar-refractivity contribution in [2.75, 3.05) is 0 Å². The van der Waals surface area contributed by atoms with E-state index in [0.717, 1.165) is 30.0 Å². The Labute approximate surface area is 90.8 Å². The van der Waals surface area contributed by atoms with E-state index in [2.05, 4.69) is 0 Å². The fourth-order valence-corrected chi connectivity index (χ4v) is 2.01. The molecule has 15 heavy (non-hydrogen) atoms. The number of rotatable bonds is 4. The van der Waals surface area contributed by atoms with Crippen molar-refractivity contribution in [2.24, 2.45) is 5.73 Å². The van der Waals surface area contributed by atoms with Gasteiger partial charge in [0.1, 0.15) is 11.6 Å². The van der Waals surface area contributed by atoms with Gasteiger partial charge in [-0.25, -0.2) is 8.78 Å². The Morgan fingerprint density at radius 2 is 2.20 bits per heavy atom. The van der Waals surface area contributed by atoms with E-state index in [0.29, 0.717) is 6.42 Å². The van der Waals surface area contributed by atoms with E-state index >= 15 is 0 Å². The number of benzene rings is 1. The maximum atomic E-state index is 13.2. The van der Waals surface area contributed by atoms with Crippen LogP contribution in [0.25, 0.3) is 0 Å². The molecule has 0 aromatic heterocycles. The van der Waals surface area contributed by atoms with Crippen molar-refractivity contribution in [2.45, 2.75) is 23.5 Å². The van der Waals surface area contributed by atoms with Gasteiger partial charge in [0.2, 0.25) is 5.91 Å². The third-order valence-corrected chi connectivity index (χ3v) is 3.27. The van der Waals surface area contributed by atoms with E-state index in [-0.39, 0.29) is 4.90 Å². The van der Waals surface area contributed by atoms with Gasteiger partial charge in [0.25, 0.3) is 0 Å². The fraction of sp³-hybridized carbons (Fsp3) is 0.300. The van der Waals surface area contributed by atoms with E-state index < -0.39 is 22.8 Å². The molecule has 1 unspecified atom stereocenters. The predicted octanol–water partition coefficient (Wildman–Crippen LogP) is 2.32. The topological polar surface area (TPSA) is 43.1 Å². The van der Waals surface area contributed by atoms with Gasteiger partial charge in [-0.2, -0.15) is 0 Å². The summed E-state index contributed by atoms with van der Waals surface area (Å²) in [4.78, 5) is 11.0. The Hall–Kier alpha value is -1.10. The van der Waals surface area contributed by atoms with Gasteiger partial charge < -0.3 is 5.73 Å². The number of hydrogen-bond donors (Lipinski definition) is 1. The fourth-order valence-electron chi connectivity index (χ4n) is 1.06. The SMILES string of the molecule is CCC(Sc1cc(F)ccc1F)C(N)=O. The van der Waals surface area contributed by atoms with E-state index in [1.165, 1.54) is 0 Å². The van der Waals surface area contributed by atoms with Crippen LogP contribution in [-0.4, -0.2) is 11.2 Å². The zero-order valence-corrected chi connectivity index (χ0v) is 8.98. The number of nitrogens with two attached hydrogens (primary N) is 1. The minimum atomic E-state index is -0.541. The summed E-state index contributed by atoms with van der Waals surface area (Å²) >= 11 is 0.948. The van der Waals surface area contributed by atoms with Crippen LogP contribution < -0.4 is 5.73 Å². The first kappa shape index (κ1) is 12.0. The Morgan fingerprint density at radius 1 is 1.53 bits per heavy atom. The molecule has 0 bridgehead atoms. The maximum absolute atomic E-state index is 13.2. The van der Waals surface area contributed by atoms with E-state index in [1.54, 1.807) is 6.92 Å². The average Bonchev–Trinajstić information content (AvgIpc) is 2.18. The lowest BCUT2D eigenvalue weighted by Gasteiger charge is -2.10. The van der Waals surface area contributed by atoms with Crippen LogP contribution in [0.1, 0.15) is 13.3 Å². The lowest BCUT2D eigenvalue weighted by Crippen LogP contribution is -2.24. The minimum Gasteiger partial charge on any atom is -0.369 e. The van der Waals surface area contributed by atoms with Crippen molar-refractivity contribution in [3.63, 3.8) is 0 Å². The highest BCUT2D eigenvalue weighted by atomic mass is 32.2. The van der Waals surface area contributed by atoms with Crippen molar-refractivity contribution >= 4 is 17.7 Å². The van der Waals surface area contributed by atoms with Crippen LogP contribution in [-0.2, 0) is 4.79 Å². The molecule has 0 saturated carbocycles. The average molecular weight is 231 g/mol. The molecule has 5 heteroatoms. The summed E-state index contributed by atoms with van der Waals surface area (Å²) in [6, 6.07) is 3.13. The Bertz CT molecular complexity index is 370. The molecule has 0 saturated heterocycles. The summed E-state index contributed by atoms with van der Waals surface area (Å²) in [6.45, 7) is 1.76. The molecule has 2 N–H and O–H groups in total. The maximum Gasteiger partial charge on any atom is 0.230 e. The molecule has 0 fully saturated rings. The molecular weight excluding hydrogens is 220 g/mol. The summed E-state index contributed by atoms with van der Waals surface area (Å²) in [5, 5.41) is -0.527. The number of primary amides is 1. The molecule has 0 aliphatic rings. The molecular formula is C10H11F2NOS. The van der Waals surface area contributed by atoms with Crippen LogP contribution in [0.5, 0.6) is 0 Å². The molecule has 0 radical (unpaired) electrons. The van der Waals surface area contributed by atoms with Gasteiger partial charge in [0, 0.05) is 4.90 Å². The van der Waals surface area contributed by atoms with Gasteiger partial charge in [-0.05, 0) is 24.6 Å². The largest absolute Gasteiger partial charge is 0.369 e. The van der Waals surface area contributed by atoms with Gasteiger partial charge >= 0.3 is 0 Å². The number of hydrogen-bond acceptors (Lipinski definition) is 2. The highest BCUT2D eigenvalue weighted by Crippen LogP contribution is 2.28. The van der Waals surface area contributed by atoms with Gasteiger partial charge in [-0.1, -0.05) is 6.92 Å². The normalized spacial score (nSPS) is 12.5. The Morgan fingerprint density at radius 3 is 2.73 bits per heavy atom. The standard InChI is InChI=1S/C10H11F2NOS/c1-2-8(10(13)14)15-9-5-6(11)3-4-7(9)12/h3-5,8H,2H2,1H3,(H2,13,14). The summed E-state index contributed by atoms with van der Waals surface area (Å²) < 4.78 is 26.0. The molecule has 1 atom stereocenters. The van der Waals surface area contributed by atoms with Crippen molar-refractivity contribution in [3.05, 3.63) is 29.8 Å². The van der Waals surface area contributed by atoms with Crippen LogP contribution in [0.4, 0.5) is 8.78 Å². The third kappa shape index (κ3) is 3.20. The molecule has 2 nitrogen and oxygen atoms in total. The second-order valence-corrected chi connectivity index (χ2v) is 4.24. The first-order valence-corrected chi connectivity index (χ1v) is 5.33. The van der Waals surface area contributed by atoms with E-state index in [1.807, 2.05) is 0 Å². The van der Waals surface area contributed by atoms with Crippen molar-refractivity contribution in [3.8, 4) is 0 Å². The van der Waals surface area contributed by atoms with Gasteiger partial charge in [0.15, 0.2) is 0 Å². The van der Waals surface area contributed by atoms with Crippen LogP contribution in [0.15, 0.2) is 23.1 Å². The van der Waals surface area contributed by atoms with Crippen molar-refractivity contribution < 1.29 is 13.6 Å². The molecule has 1 aromatic rings. The van der Waals surface area contributed by atoms with Crippen molar-refractivity contribution in [1.82, 2.24) is 0 Å². The Kier molecular flexibility index (Phi) is 4.08. The third-order valence-electron chi connectivity index (χ3n) is 1.85. The number of amides is 1. The number of carbonyl (C=O) groups excluding carboxylic acids is 1. The highest BCUT2D eigenvalue weighted by molar-refractivity contribution is 8.00. The first-order valence-electron chi connectivity index (χ1n) is 4.45. The summed E-state index contributed by atoms with van der Waals surface area (Å²) in [5.74, 6) is -1.59. The second-order valence-electron chi connectivity index (χ2n) is 2.99. The number of carbonyl (C=O) groups is 1. The molecule has 1 rings (SSSR count). The molecule has 1 aromatic carbocycles. The highest BCUT2D eigenvalue weighted by Gasteiger charge is 2.16. The van der Waals surface area contributed by atoms with Gasteiger partial charge in [-0.3, -0.25) is 4.79 Å².